The lowest BCUT2D eigenvalue weighted by atomic mass is 9.90. The molecule has 3 heterocycles. The van der Waals surface area contributed by atoms with E-state index in [1.165, 1.54) is 4.90 Å². The number of ether oxygens (including phenoxy) is 3. The van der Waals surface area contributed by atoms with Crippen LogP contribution in [0.3, 0.4) is 0 Å². The molecule has 9 heteroatoms. The van der Waals surface area contributed by atoms with Crippen LogP contribution in [0.1, 0.15) is 12.5 Å². The quantitative estimate of drug-likeness (QED) is 0.631. The van der Waals surface area contributed by atoms with Crippen LogP contribution in [0.25, 0.3) is 0 Å². The van der Waals surface area contributed by atoms with Crippen molar-refractivity contribution in [2.45, 2.75) is 12.5 Å². The molecule has 0 radical (unpaired) electrons. The highest BCUT2D eigenvalue weighted by molar-refractivity contribution is 6.07. The second-order valence-electron chi connectivity index (χ2n) is 7.99. The highest BCUT2D eigenvalue weighted by Crippen LogP contribution is 2.38. The van der Waals surface area contributed by atoms with Crippen molar-refractivity contribution in [3.05, 3.63) is 29.8 Å². The molecule has 0 unspecified atom stereocenters. The van der Waals surface area contributed by atoms with Crippen LogP contribution in [0.4, 0.5) is 4.79 Å². The molecule has 0 N–H and O–H groups in total. The highest BCUT2D eigenvalue weighted by Gasteiger charge is 2.55. The number of methoxy groups -OCH3 is 1. The lowest BCUT2D eigenvalue weighted by Crippen LogP contribution is -2.51. The number of rotatable bonds is 6. The summed E-state index contributed by atoms with van der Waals surface area (Å²) < 4.78 is 16.1. The molecule has 1 atom stereocenters. The Balaban J connectivity index is 1.63. The van der Waals surface area contributed by atoms with Crippen LogP contribution < -0.4 is 4.74 Å². The Morgan fingerprint density at radius 2 is 1.43 bits per heavy atom. The standard InChI is InChI=1S/C21H30N4O5/c1-21(17-3-5-18(28-2)6-4-17)19(26)24(15-22-7-11-29-12-8-22)20(27)25(21)16-23-9-13-30-14-10-23/h3-6H,7-16H2,1-2H3/t21-/m0/s1. The van der Waals surface area contributed by atoms with Crippen molar-refractivity contribution in [3.63, 3.8) is 0 Å². The molecule has 30 heavy (non-hydrogen) atoms. The number of imide groups is 1. The normalized spacial score (nSPS) is 26.5. The summed E-state index contributed by atoms with van der Waals surface area (Å²) in [6.45, 7) is 7.89. The molecule has 3 amide bonds. The van der Waals surface area contributed by atoms with E-state index >= 15 is 0 Å². The van der Waals surface area contributed by atoms with Gasteiger partial charge in [-0.3, -0.25) is 19.5 Å². The summed E-state index contributed by atoms with van der Waals surface area (Å²) in [5.74, 6) is 0.515. The third-order valence-corrected chi connectivity index (χ3v) is 6.21. The Morgan fingerprint density at radius 3 is 1.97 bits per heavy atom. The van der Waals surface area contributed by atoms with Crippen molar-refractivity contribution in [2.75, 3.05) is 73.1 Å². The van der Waals surface area contributed by atoms with Gasteiger partial charge in [0.05, 0.1) is 46.9 Å². The van der Waals surface area contributed by atoms with Crippen molar-refractivity contribution in [2.24, 2.45) is 0 Å². The van der Waals surface area contributed by atoms with Crippen LogP contribution in [-0.4, -0.2) is 105 Å². The van der Waals surface area contributed by atoms with Gasteiger partial charge >= 0.3 is 6.03 Å². The van der Waals surface area contributed by atoms with Gasteiger partial charge in [-0.1, -0.05) is 12.1 Å². The molecular weight excluding hydrogens is 388 g/mol. The molecule has 9 nitrogen and oxygen atoms in total. The van der Waals surface area contributed by atoms with Gasteiger partial charge in [0.2, 0.25) is 0 Å². The molecule has 0 aromatic heterocycles. The lowest BCUT2D eigenvalue weighted by Gasteiger charge is -2.37. The molecule has 3 aliphatic rings. The fourth-order valence-corrected chi connectivity index (χ4v) is 4.21. The van der Waals surface area contributed by atoms with Gasteiger partial charge in [-0.25, -0.2) is 9.69 Å². The van der Waals surface area contributed by atoms with Gasteiger partial charge in [-0.15, -0.1) is 0 Å². The zero-order valence-corrected chi connectivity index (χ0v) is 17.7. The van der Waals surface area contributed by atoms with E-state index in [-0.39, 0.29) is 18.6 Å². The molecule has 0 spiro atoms. The van der Waals surface area contributed by atoms with Gasteiger partial charge in [0.1, 0.15) is 11.3 Å². The third kappa shape index (κ3) is 3.90. The van der Waals surface area contributed by atoms with Crippen molar-refractivity contribution >= 4 is 11.9 Å². The molecule has 0 aliphatic carbocycles. The smallest absolute Gasteiger partial charge is 0.330 e. The summed E-state index contributed by atoms with van der Waals surface area (Å²) in [4.78, 5) is 34.4. The number of carbonyl (C=O) groups excluding carboxylic acids is 2. The summed E-state index contributed by atoms with van der Waals surface area (Å²) >= 11 is 0. The predicted octanol–water partition coefficient (Wildman–Crippen LogP) is 0.754. The average molecular weight is 418 g/mol. The Morgan fingerprint density at radius 1 is 0.900 bits per heavy atom. The number of amides is 3. The van der Waals surface area contributed by atoms with Crippen molar-refractivity contribution in [1.29, 1.82) is 0 Å². The molecule has 0 bridgehead atoms. The number of hydrogen-bond acceptors (Lipinski definition) is 7. The minimum absolute atomic E-state index is 0.197. The van der Waals surface area contributed by atoms with Gasteiger partial charge in [-0.2, -0.15) is 0 Å². The zero-order chi connectivity index (χ0) is 21.1. The minimum Gasteiger partial charge on any atom is -0.497 e. The molecule has 4 rings (SSSR count). The molecule has 3 aliphatic heterocycles. The number of carbonyl (C=O) groups is 2. The number of urea groups is 1. The summed E-state index contributed by atoms with van der Waals surface area (Å²) in [5, 5.41) is 0. The largest absolute Gasteiger partial charge is 0.497 e. The highest BCUT2D eigenvalue weighted by atomic mass is 16.5. The summed E-state index contributed by atoms with van der Waals surface area (Å²) in [5.41, 5.74) is -0.298. The molecule has 3 fully saturated rings. The van der Waals surface area contributed by atoms with Gasteiger partial charge in [0.15, 0.2) is 0 Å². The predicted molar refractivity (Wildman–Crippen MR) is 109 cm³/mol. The Hall–Kier alpha value is -2.20. The van der Waals surface area contributed by atoms with Crippen LogP contribution in [0.5, 0.6) is 5.75 Å². The van der Waals surface area contributed by atoms with Crippen LogP contribution in [0.15, 0.2) is 24.3 Å². The number of morpholine rings is 2. The van der Waals surface area contributed by atoms with Crippen LogP contribution in [0.2, 0.25) is 0 Å². The van der Waals surface area contributed by atoms with E-state index in [1.807, 2.05) is 31.2 Å². The third-order valence-electron chi connectivity index (χ3n) is 6.21. The van der Waals surface area contributed by atoms with E-state index in [1.54, 1.807) is 12.0 Å². The van der Waals surface area contributed by atoms with Gasteiger partial charge in [0, 0.05) is 26.2 Å². The first-order valence-electron chi connectivity index (χ1n) is 10.4. The number of hydrogen-bond donors (Lipinski definition) is 0. The summed E-state index contributed by atoms with van der Waals surface area (Å²) in [7, 11) is 1.61. The van der Waals surface area contributed by atoms with Gasteiger partial charge < -0.3 is 14.2 Å². The van der Waals surface area contributed by atoms with Gasteiger partial charge in [-0.05, 0) is 24.6 Å². The van der Waals surface area contributed by atoms with Crippen LogP contribution >= 0.6 is 0 Å². The Labute approximate surface area is 177 Å². The zero-order valence-electron chi connectivity index (χ0n) is 17.7. The monoisotopic (exact) mass is 418 g/mol. The van der Waals surface area contributed by atoms with Crippen molar-refractivity contribution in [1.82, 2.24) is 19.6 Å². The van der Waals surface area contributed by atoms with E-state index in [4.69, 9.17) is 14.2 Å². The van der Waals surface area contributed by atoms with Crippen LogP contribution in [-0.2, 0) is 19.8 Å². The molecule has 1 aromatic rings. The maximum atomic E-state index is 13.6. The molecule has 164 valence electrons. The Kier molecular flexibility index (Phi) is 6.24. The molecular formula is C21H30N4O5. The lowest BCUT2D eigenvalue weighted by molar-refractivity contribution is -0.135. The SMILES string of the molecule is COc1ccc([C@@]2(C)C(=O)N(CN3CCOCC3)C(=O)N2CN2CCOCC2)cc1. The van der Waals surface area contributed by atoms with E-state index in [9.17, 15) is 9.59 Å². The topological polar surface area (TPSA) is 74.8 Å². The van der Waals surface area contributed by atoms with Crippen molar-refractivity contribution < 1.29 is 23.8 Å². The van der Waals surface area contributed by atoms with E-state index in [0.29, 0.717) is 51.9 Å². The maximum absolute atomic E-state index is 13.6. The fraction of sp³-hybridized carbons (Fsp3) is 0.619. The van der Waals surface area contributed by atoms with Gasteiger partial charge in [0.25, 0.3) is 5.91 Å². The second kappa shape index (κ2) is 8.89. The molecule has 0 saturated carbocycles. The first kappa shape index (κ1) is 21.0. The van der Waals surface area contributed by atoms with Crippen molar-refractivity contribution in [3.8, 4) is 5.75 Å². The minimum atomic E-state index is -1.08. The second-order valence-corrected chi connectivity index (χ2v) is 7.99. The molecule has 3 saturated heterocycles. The maximum Gasteiger partial charge on any atom is 0.330 e. The number of nitrogens with zero attached hydrogens (tertiary/aromatic N) is 4. The average Bonchev–Trinajstić information content (AvgIpc) is 2.97. The summed E-state index contributed by atoms with van der Waals surface area (Å²) in [6.07, 6.45) is 0. The first-order valence-corrected chi connectivity index (χ1v) is 10.4. The van der Waals surface area contributed by atoms with E-state index in [0.717, 1.165) is 18.7 Å². The Bertz CT molecular complexity index is 761. The van der Waals surface area contributed by atoms with E-state index < -0.39 is 5.54 Å². The first-order chi connectivity index (χ1) is 14.5. The summed E-state index contributed by atoms with van der Waals surface area (Å²) in [6, 6.07) is 7.14. The van der Waals surface area contributed by atoms with E-state index in [2.05, 4.69) is 9.80 Å². The molecule has 1 aromatic carbocycles. The fourth-order valence-electron chi connectivity index (χ4n) is 4.21. The van der Waals surface area contributed by atoms with Crippen LogP contribution in [0, 0.1) is 0 Å². The number of benzene rings is 1.